The maximum atomic E-state index is 13.9. The predicted molar refractivity (Wildman–Crippen MR) is 175 cm³/mol. The summed E-state index contributed by atoms with van der Waals surface area (Å²) in [6, 6.07) is 38.4. The molecule has 0 spiro atoms. The minimum Gasteiger partial charge on any atom is -0.497 e. The largest absolute Gasteiger partial charge is 0.497 e. The molecule has 45 heavy (non-hydrogen) atoms. The highest BCUT2D eigenvalue weighted by atomic mass is 16.5. The highest BCUT2D eigenvalue weighted by Gasteiger charge is 2.32. The summed E-state index contributed by atoms with van der Waals surface area (Å²) in [7, 11) is 3.08. The van der Waals surface area contributed by atoms with Gasteiger partial charge in [0.1, 0.15) is 34.5 Å². The number of hydrogen-bond acceptors (Lipinski definition) is 6. The van der Waals surface area contributed by atoms with Crippen molar-refractivity contribution in [3.8, 4) is 23.0 Å². The molecule has 222 valence electrons. The molecule has 5 aromatic rings. The maximum absolute atomic E-state index is 13.9. The van der Waals surface area contributed by atoms with E-state index in [0.717, 1.165) is 16.9 Å². The average molecular weight is 596 g/mol. The van der Waals surface area contributed by atoms with Gasteiger partial charge in [0.25, 0.3) is 11.8 Å². The zero-order valence-electron chi connectivity index (χ0n) is 24.6. The van der Waals surface area contributed by atoms with Crippen LogP contribution in [0.2, 0.25) is 0 Å². The molecule has 0 fully saturated rings. The summed E-state index contributed by atoms with van der Waals surface area (Å²) in [5, 5.41) is 2.87. The first-order valence-electron chi connectivity index (χ1n) is 14.2. The van der Waals surface area contributed by atoms with Gasteiger partial charge in [-0.2, -0.15) is 0 Å². The van der Waals surface area contributed by atoms with E-state index in [0.29, 0.717) is 40.0 Å². The Morgan fingerprint density at radius 3 is 2.16 bits per heavy atom. The van der Waals surface area contributed by atoms with E-state index in [9.17, 15) is 9.59 Å². The van der Waals surface area contributed by atoms with Crippen molar-refractivity contribution in [3.63, 3.8) is 0 Å². The molecular weight excluding hydrogens is 566 g/mol. The number of benzene rings is 5. The Hall–Kier alpha value is -6.15. The highest BCUT2D eigenvalue weighted by molar-refractivity contribution is 6.33. The van der Waals surface area contributed by atoms with Crippen LogP contribution in [0.25, 0.3) is 6.08 Å². The van der Waals surface area contributed by atoms with Crippen LogP contribution in [0, 0.1) is 0 Å². The molecule has 0 aromatic heterocycles. The summed E-state index contributed by atoms with van der Waals surface area (Å²) in [6.45, 7) is 0. The molecule has 8 heteroatoms. The summed E-state index contributed by atoms with van der Waals surface area (Å²) in [5.41, 5.74) is 3.28. The third-order valence-corrected chi connectivity index (χ3v) is 7.08. The fraction of sp³-hybridized carbons (Fsp3) is 0.0541. The van der Waals surface area contributed by atoms with E-state index in [1.54, 1.807) is 60.6 Å². The molecule has 1 aliphatic heterocycles. The lowest BCUT2D eigenvalue weighted by Gasteiger charge is -2.19. The van der Waals surface area contributed by atoms with Crippen LogP contribution in [0.3, 0.4) is 0 Å². The smallest absolute Gasteiger partial charge is 0.282 e. The Labute approximate surface area is 260 Å². The minimum absolute atomic E-state index is 0.276. The molecule has 1 N–H and O–H groups in total. The number of para-hydroxylation sites is 1. The van der Waals surface area contributed by atoms with E-state index in [1.807, 2.05) is 84.9 Å². The van der Waals surface area contributed by atoms with Gasteiger partial charge in [0.15, 0.2) is 0 Å². The molecule has 1 aliphatic rings. The van der Waals surface area contributed by atoms with Crippen molar-refractivity contribution in [1.29, 1.82) is 0 Å². The van der Waals surface area contributed by atoms with Crippen LogP contribution in [-0.4, -0.2) is 31.9 Å². The summed E-state index contributed by atoms with van der Waals surface area (Å²) in [4.78, 5) is 33.3. The first kappa shape index (κ1) is 28.9. The molecule has 1 heterocycles. The van der Waals surface area contributed by atoms with Gasteiger partial charge >= 0.3 is 0 Å². The summed E-state index contributed by atoms with van der Waals surface area (Å²) in [5.74, 6) is 2.31. The van der Waals surface area contributed by atoms with Gasteiger partial charge in [0.2, 0.25) is 0 Å². The van der Waals surface area contributed by atoms with Crippen LogP contribution >= 0.6 is 0 Å². The molecule has 0 saturated carbocycles. The first-order chi connectivity index (χ1) is 22.0. The maximum Gasteiger partial charge on any atom is 0.282 e. The quantitative estimate of drug-likeness (QED) is 0.178. The lowest BCUT2D eigenvalue weighted by molar-refractivity contribution is -0.113. The molecule has 0 radical (unpaired) electrons. The van der Waals surface area contributed by atoms with Crippen molar-refractivity contribution >= 4 is 35.1 Å². The number of hydrogen-bond donors (Lipinski definition) is 1. The average Bonchev–Trinajstić information content (AvgIpc) is 3.40. The second-order valence-corrected chi connectivity index (χ2v) is 10.0. The van der Waals surface area contributed by atoms with E-state index >= 15 is 0 Å². The summed E-state index contributed by atoms with van der Waals surface area (Å²) in [6.07, 6.45) is 1.74. The van der Waals surface area contributed by atoms with Crippen molar-refractivity contribution in [2.45, 2.75) is 0 Å². The minimum atomic E-state index is -0.337. The van der Waals surface area contributed by atoms with E-state index in [4.69, 9.17) is 19.2 Å². The number of nitrogens with zero attached hydrogens (tertiary/aromatic N) is 2. The fourth-order valence-electron chi connectivity index (χ4n) is 4.86. The lowest BCUT2D eigenvalue weighted by atomic mass is 10.1. The number of carbonyl (C=O) groups excluding carboxylic acids is 2. The SMILES string of the molecule is COc1ccc(OC)c(NC(=O)c2ccc(N3C(=O)/C(=C/c4cccc(Oc5ccccc5)c4)N=C3c3ccccc3)cc2)c1. The molecule has 0 atom stereocenters. The fourth-order valence-corrected chi connectivity index (χ4v) is 4.86. The van der Waals surface area contributed by atoms with E-state index in [-0.39, 0.29) is 17.5 Å². The molecule has 6 rings (SSSR count). The van der Waals surface area contributed by atoms with Gasteiger partial charge < -0.3 is 19.5 Å². The molecule has 0 saturated heterocycles. The normalized spacial score (nSPS) is 13.4. The Bertz CT molecular complexity index is 1900. The number of anilines is 2. The van der Waals surface area contributed by atoms with Crippen LogP contribution in [0.1, 0.15) is 21.5 Å². The van der Waals surface area contributed by atoms with Crippen LogP contribution in [-0.2, 0) is 4.79 Å². The Morgan fingerprint density at radius 2 is 1.44 bits per heavy atom. The van der Waals surface area contributed by atoms with Gasteiger partial charge in [-0.25, -0.2) is 4.99 Å². The number of methoxy groups -OCH3 is 2. The third kappa shape index (κ3) is 6.45. The van der Waals surface area contributed by atoms with E-state index in [2.05, 4.69) is 5.32 Å². The van der Waals surface area contributed by atoms with Gasteiger partial charge in [-0.15, -0.1) is 0 Å². The number of amides is 2. The number of carbonyl (C=O) groups is 2. The number of nitrogens with one attached hydrogen (secondary N) is 1. The van der Waals surface area contributed by atoms with Gasteiger partial charge in [-0.3, -0.25) is 14.5 Å². The van der Waals surface area contributed by atoms with Crippen molar-refractivity contribution in [1.82, 2.24) is 0 Å². The van der Waals surface area contributed by atoms with Gasteiger partial charge in [0.05, 0.1) is 25.6 Å². The topological polar surface area (TPSA) is 89.5 Å². The number of ether oxygens (including phenoxy) is 3. The number of amidine groups is 1. The van der Waals surface area contributed by atoms with Crippen molar-refractivity contribution in [2.24, 2.45) is 4.99 Å². The molecule has 0 unspecified atom stereocenters. The zero-order chi connectivity index (χ0) is 31.2. The van der Waals surface area contributed by atoms with Crippen LogP contribution in [0.5, 0.6) is 23.0 Å². The second kappa shape index (κ2) is 13.0. The zero-order valence-corrected chi connectivity index (χ0v) is 24.6. The molecule has 8 nitrogen and oxygen atoms in total. The predicted octanol–water partition coefficient (Wildman–Crippen LogP) is 7.58. The standard InChI is InChI=1S/C37H29N3O5/c1-43-30-20-21-34(44-2)32(24-30)39-36(41)27-16-18-28(19-17-27)40-35(26-11-5-3-6-12-26)38-33(37(40)42)23-25-10-9-15-31(22-25)45-29-13-7-4-8-14-29/h3-24H,1-2H3,(H,39,41)/b33-23-. The Balaban J connectivity index is 1.28. The van der Waals surface area contributed by atoms with Crippen molar-refractivity contribution in [2.75, 3.05) is 24.4 Å². The molecule has 0 aliphatic carbocycles. The van der Waals surface area contributed by atoms with Crippen LogP contribution in [0.4, 0.5) is 11.4 Å². The molecule has 5 aromatic carbocycles. The Morgan fingerprint density at radius 1 is 0.733 bits per heavy atom. The lowest BCUT2D eigenvalue weighted by Crippen LogP contribution is -2.32. The highest BCUT2D eigenvalue weighted by Crippen LogP contribution is 2.31. The number of aliphatic imine (C=N–C) groups is 1. The van der Waals surface area contributed by atoms with Crippen LogP contribution < -0.4 is 24.4 Å². The summed E-state index contributed by atoms with van der Waals surface area (Å²) >= 11 is 0. The van der Waals surface area contributed by atoms with Gasteiger partial charge in [-0.1, -0.05) is 60.7 Å². The third-order valence-electron chi connectivity index (χ3n) is 7.08. The van der Waals surface area contributed by atoms with E-state index in [1.165, 1.54) is 7.11 Å². The monoisotopic (exact) mass is 595 g/mol. The van der Waals surface area contributed by atoms with Crippen molar-refractivity contribution < 1.29 is 23.8 Å². The van der Waals surface area contributed by atoms with E-state index < -0.39 is 0 Å². The van der Waals surface area contributed by atoms with Crippen LogP contribution in [0.15, 0.2) is 138 Å². The first-order valence-corrected chi connectivity index (χ1v) is 14.2. The second-order valence-electron chi connectivity index (χ2n) is 10.0. The molecule has 0 bridgehead atoms. The summed E-state index contributed by atoms with van der Waals surface area (Å²) < 4.78 is 16.6. The van der Waals surface area contributed by atoms with Gasteiger partial charge in [0, 0.05) is 17.2 Å². The number of rotatable bonds is 9. The molecule has 2 amide bonds. The Kier molecular flexibility index (Phi) is 8.37. The van der Waals surface area contributed by atoms with Gasteiger partial charge in [-0.05, 0) is 72.3 Å². The van der Waals surface area contributed by atoms with Crippen molar-refractivity contribution in [3.05, 3.63) is 150 Å². The molecular formula is C37H29N3O5.